The zero-order chi connectivity index (χ0) is 20.4. The fourth-order valence-electron chi connectivity index (χ4n) is 4.71. The molecule has 6 heteroatoms. The molecule has 156 valence electrons. The van der Waals surface area contributed by atoms with Crippen molar-refractivity contribution in [3.05, 3.63) is 53.9 Å². The second-order valence-electron chi connectivity index (χ2n) is 8.77. The van der Waals surface area contributed by atoms with Crippen molar-refractivity contribution < 1.29 is 9.53 Å². The van der Waals surface area contributed by atoms with Gasteiger partial charge in [0, 0.05) is 50.3 Å². The van der Waals surface area contributed by atoms with E-state index in [0.29, 0.717) is 6.42 Å². The lowest BCUT2D eigenvalue weighted by molar-refractivity contribution is -0.127. The monoisotopic (exact) mass is 396 g/mol. The molecule has 2 aliphatic rings. The van der Waals surface area contributed by atoms with E-state index in [1.807, 2.05) is 41.0 Å². The number of nitrogens with zero attached hydrogens (tertiary/aromatic N) is 3. The first kappa shape index (κ1) is 20.1. The molecule has 2 fully saturated rings. The fourth-order valence-corrected chi connectivity index (χ4v) is 4.71. The van der Waals surface area contributed by atoms with Crippen LogP contribution in [0.5, 0.6) is 0 Å². The largest absolute Gasteiger partial charge is 0.374 e. The molecule has 3 heterocycles. The average molecular weight is 397 g/mol. The molecular formula is C23H32N4O2. The SMILES string of the molecule is C[C@@H](NC[C@@H]1CC(=O)N(C)[C@H]1c1cnn(Cc2ccccc2)c1)[C@@]1(C)CCCO1. The highest BCUT2D eigenvalue weighted by molar-refractivity contribution is 5.79. The third-order valence-electron chi connectivity index (χ3n) is 6.73. The van der Waals surface area contributed by atoms with E-state index in [4.69, 9.17) is 4.74 Å². The summed E-state index contributed by atoms with van der Waals surface area (Å²) in [5.74, 6) is 0.433. The molecule has 2 aromatic rings. The minimum Gasteiger partial charge on any atom is -0.374 e. The van der Waals surface area contributed by atoms with Crippen molar-refractivity contribution in [2.45, 2.75) is 57.3 Å². The van der Waals surface area contributed by atoms with E-state index in [-0.39, 0.29) is 29.5 Å². The number of likely N-dealkylation sites (tertiary alicyclic amines) is 1. The van der Waals surface area contributed by atoms with Gasteiger partial charge in [0.1, 0.15) is 0 Å². The van der Waals surface area contributed by atoms with Crippen molar-refractivity contribution in [2.75, 3.05) is 20.2 Å². The predicted molar refractivity (Wildman–Crippen MR) is 112 cm³/mol. The number of amides is 1. The first-order valence-corrected chi connectivity index (χ1v) is 10.7. The van der Waals surface area contributed by atoms with Crippen LogP contribution in [-0.4, -0.2) is 52.4 Å². The van der Waals surface area contributed by atoms with E-state index in [1.165, 1.54) is 5.56 Å². The molecule has 0 spiro atoms. The van der Waals surface area contributed by atoms with Gasteiger partial charge in [-0.2, -0.15) is 5.10 Å². The van der Waals surface area contributed by atoms with Gasteiger partial charge in [0.15, 0.2) is 0 Å². The molecule has 1 amide bonds. The lowest BCUT2D eigenvalue weighted by Crippen LogP contribution is -2.48. The summed E-state index contributed by atoms with van der Waals surface area (Å²) in [5, 5.41) is 8.22. The van der Waals surface area contributed by atoms with Gasteiger partial charge in [-0.1, -0.05) is 30.3 Å². The van der Waals surface area contributed by atoms with Crippen molar-refractivity contribution in [2.24, 2.45) is 5.92 Å². The maximum absolute atomic E-state index is 12.5. The maximum atomic E-state index is 12.5. The summed E-state index contributed by atoms with van der Waals surface area (Å²) in [4.78, 5) is 14.4. The van der Waals surface area contributed by atoms with Crippen LogP contribution in [0.15, 0.2) is 42.7 Å². The number of hydrogen-bond acceptors (Lipinski definition) is 4. The number of benzene rings is 1. The Hall–Kier alpha value is -2.18. The van der Waals surface area contributed by atoms with E-state index < -0.39 is 0 Å². The fraction of sp³-hybridized carbons (Fsp3) is 0.565. The van der Waals surface area contributed by atoms with Crippen molar-refractivity contribution >= 4 is 5.91 Å². The topological polar surface area (TPSA) is 59.4 Å². The minimum absolute atomic E-state index is 0.0593. The Balaban J connectivity index is 1.44. The van der Waals surface area contributed by atoms with Gasteiger partial charge in [0.2, 0.25) is 5.91 Å². The standard InChI is InChI=1S/C23H32N4O2/c1-17(23(2)10-7-11-29-23)24-13-19-12-21(28)26(3)22(19)20-14-25-27(16-20)15-18-8-5-4-6-9-18/h4-6,8-9,14,16-17,19,22,24H,7,10-13,15H2,1-3H3/t17-,19+,22-,23-/m1/s1. The Labute approximate surface area is 173 Å². The predicted octanol–water partition coefficient (Wildman–Crippen LogP) is 3.00. The molecule has 0 radical (unpaired) electrons. The van der Waals surface area contributed by atoms with Gasteiger partial charge in [0.05, 0.1) is 24.4 Å². The van der Waals surface area contributed by atoms with Crippen molar-refractivity contribution in [3.63, 3.8) is 0 Å². The molecule has 1 aromatic carbocycles. The number of ether oxygens (including phenoxy) is 1. The highest BCUT2D eigenvalue weighted by Gasteiger charge is 2.41. The van der Waals surface area contributed by atoms with Crippen LogP contribution in [-0.2, 0) is 16.1 Å². The highest BCUT2D eigenvalue weighted by atomic mass is 16.5. The molecular weight excluding hydrogens is 364 g/mol. The van der Waals surface area contributed by atoms with E-state index >= 15 is 0 Å². The van der Waals surface area contributed by atoms with Crippen LogP contribution in [0.3, 0.4) is 0 Å². The second kappa shape index (κ2) is 8.28. The molecule has 0 unspecified atom stereocenters. The Morgan fingerprint density at radius 2 is 2.14 bits per heavy atom. The zero-order valence-electron chi connectivity index (χ0n) is 17.7. The molecule has 6 nitrogen and oxygen atoms in total. The summed E-state index contributed by atoms with van der Waals surface area (Å²) in [6.45, 7) is 6.76. The summed E-state index contributed by atoms with van der Waals surface area (Å²) in [6, 6.07) is 10.6. The van der Waals surface area contributed by atoms with E-state index in [2.05, 4.69) is 42.6 Å². The minimum atomic E-state index is -0.107. The van der Waals surface area contributed by atoms with Crippen LogP contribution >= 0.6 is 0 Å². The Bertz CT molecular complexity index is 828. The third kappa shape index (κ3) is 4.23. The van der Waals surface area contributed by atoms with Crippen LogP contribution in [0.25, 0.3) is 0 Å². The van der Waals surface area contributed by atoms with E-state index in [9.17, 15) is 4.79 Å². The second-order valence-corrected chi connectivity index (χ2v) is 8.77. The van der Waals surface area contributed by atoms with E-state index in [0.717, 1.165) is 38.1 Å². The Morgan fingerprint density at radius 3 is 2.86 bits per heavy atom. The molecule has 2 aliphatic heterocycles. The lowest BCUT2D eigenvalue weighted by Gasteiger charge is -2.33. The summed E-state index contributed by atoms with van der Waals surface area (Å²) >= 11 is 0. The van der Waals surface area contributed by atoms with Gasteiger partial charge < -0.3 is 15.0 Å². The van der Waals surface area contributed by atoms with Crippen LogP contribution in [0.2, 0.25) is 0 Å². The molecule has 2 saturated heterocycles. The molecule has 1 aromatic heterocycles. The molecule has 0 saturated carbocycles. The number of nitrogens with one attached hydrogen (secondary N) is 1. The zero-order valence-corrected chi connectivity index (χ0v) is 17.7. The van der Waals surface area contributed by atoms with Gasteiger partial charge in [-0.05, 0) is 32.3 Å². The first-order chi connectivity index (χ1) is 14.0. The summed E-state index contributed by atoms with van der Waals surface area (Å²) < 4.78 is 7.94. The number of rotatable bonds is 7. The number of hydrogen-bond donors (Lipinski definition) is 1. The summed E-state index contributed by atoms with van der Waals surface area (Å²) in [7, 11) is 1.91. The quantitative estimate of drug-likeness (QED) is 0.782. The molecule has 4 rings (SSSR count). The number of carbonyl (C=O) groups excluding carboxylic acids is 1. The summed E-state index contributed by atoms with van der Waals surface area (Å²) in [6.07, 6.45) is 6.78. The van der Waals surface area contributed by atoms with Crippen molar-refractivity contribution in [1.29, 1.82) is 0 Å². The van der Waals surface area contributed by atoms with Gasteiger partial charge >= 0.3 is 0 Å². The first-order valence-electron chi connectivity index (χ1n) is 10.7. The van der Waals surface area contributed by atoms with Crippen molar-refractivity contribution in [1.82, 2.24) is 20.0 Å². The maximum Gasteiger partial charge on any atom is 0.223 e. The molecule has 0 aliphatic carbocycles. The van der Waals surface area contributed by atoms with Crippen LogP contribution in [0.1, 0.15) is 50.3 Å². The highest BCUT2D eigenvalue weighted by Crippen LogP contribution is 2.37. The van der Waals surface area contributed by atoms with Crippen LogP contribution in [0.4, 0.5) is 0 Å². The normalized spacial score (nSPS) is 28.2. The van der Waals surface area contributed by atoms with Crippen LogP contribution < -0.4 is 5.32 Å². The van der Waals surface area contributed by atoms with Gasteiger partial charge in [-0.15, -0.1) is 0 Å². The molecule has 29 heavy (non-hydrogen) atoms. The Morgan fingerprint density at radius 1 is 1.34 bits per heavy atom. The molecule has 1 N–H and O–H groups in total. The number of carbonyl (C=O) groups is 1. The molecule has 0 bridgehead atoms. The van der Waals surface area contributed by atoms with Gasteiger partial charge in [-0.3, -0.25) is 9.48 Å². The van der Waals surface area contributed by atoms with Crippen LogP contribution in [0, 0.1) is 5.92 Å². The Kier molecular flexibility index (Phi) is 5.74. The lowest BCUT2D eigenvalue weighted by atomic mass is 9.92. The number of aromatic nitrogens is 2. The average Bonchev–Trinajstić information content (AvgIpc) is 3.42. The van der Waals surface area contributed by atoms with Gasteiger partial charge in [-0.25, -0.2) is 0 Å². The smallest absolute Gasteiger partial charge is 0.223 e. The summed E-state index contributed by atoms with van der Waals surface area (Å²) in [5.41, 5.74) is 2.22. The van der Waals surface area contributed by atoms with Gasteiger partial charge in [0.25, 0.3) is 0 Å². The third-order valence-corrected chi connectivity index (χ3v) is 6.73. The van der Waals surface area contributed by atoms with Crippen molar-refractivity contribution in [3.8, 4) is 0 Å². The molecule has 4 atom stereocenters. The van der Waals surface area contributed by atoms with E-state index in [1.54, 1.807) is 0 Å².